The number of hydrogen-bond acceptors (Lipinski definition) is 3. The van der Waals surface area contributed by atoms with Crippen molar-refractivity contribution in [1.82, 2.24) is 15.1 Å². The Balaban J connectivity index is 2.14. The summed E-state index contributed by atoms with van der Waals surface area (Å²) in [5.74, 6) is 0.890. The summed E-state index contributed by atoms with van der Waals surface area (Å²) < 4.78 is 7.37. The Labute approximate surface area is 127 Å². The SMILES string of the molecule is CCNCCc1c(C)nn(Cc2cccc(OC)c2)c1C. The molecule has 1 aromatic heterocycles. The zero-order valence-corrected chi connectivity index (χ0v) is 13.4. The molecule has 0 radical (unpaired) electrons. The summed E-state index contributed by atoms with van der Waals surface area (Å²) in [6, 6.07) is 8.16. The Kier molecular flexibility index (Phi) is 5.39. The highest BCUT2D eigenvalue weighted by molar-refractivity contribution is 5.30. The zero-order chi connectivity index (χ0) is 15.2. The minimum absolute atomic E-state index is 0.783. The highest BCUT2D eigenvalue weighted by Gasteiger charge is 2.11. The third-order valence-electron chi connectivity index (χ3n) is 3.80. The van der Waals surface area contributed by atoms with E-state index < -0.39 is 0 Å². The molecule has 114 valence electrons. The van der Waals surface area contributed by atoms with Gasteiger partial charge in [0.1, 0.15) is 5.75 Å². The van der Waals surface area contributed by atoms with Gasteiger partial charge in [-0.2, -0.15) is 5.10 Å². The topological polar surface area (TPSA) is 39.1 Å². The number of aromatic nitrogens is 2. The van der Waals surface area contributed by atoms with E-state index in [1.165, 1.54) is 16.8 Å². The Bertz CT molecular complexity index is 590. The molecule has 0 saturated heterocycles. The van der Waals surface area contributed by atoms with E-state index in [2.05, 4.69) is 48.0 Å². The number of hydrogen-bond donors (Lipinski definition) is 1. The van der Waals surface area contributed by atoms with Gasteiger partial charge < -0.3 is 10.1 Å². The van der Waals surface area contributed by atoms with Crippen LogP contribution in [0, 0.1) is 13.8 Å². The number of methoxy groups -OCH3 is 1. The lowest BCUT2D eigenvalue weighted by Gasteiger charge is -2.07. The first kappa shape index (κ1) is 15.6. The summed E-state index contributed by atoms with van der Waals surface area (Å²) in [7, 11) is 1.70. The molecule has 1 N–H and O–H groups in total. The average molecular weight is 287 g/mol. The van der Waals surface area contributed by atoms with Gasteiger partial charge in [-0.25, -0.2) is 0 Å². The summed E-state index contributed by atoms with van der Waals surface area (Å²) in [5.41, 5.74) is 4.96. The van der Waals surface area contributed by atoms with E-state index in [0.717, 1.165) is 37.5 Å². The smallest absolute Gasteiger partial charge is 0.119 e. The van der Waals surface area contributed by atoms with E-state index in [9.17, 15) is 0 Å². The Hall–Kier alpha value is -1.81. The molecule has 0 atom stereocenters. The monoisotopic (exact) mass is 287 g/mol. The lowest BCUT2D eigenvalue weighted by Crippen LogP contribution is -2.16. The van der Waals surface area contributed by atoms with Crippen molar-refractivity contribution in [2.24, 2.45) is 0 Å². The van der Waals surface area contributed by atoms with Gasteiger partial charge in [-0.05, 0) is 56.6 Å². The van der Waals surface area contributed by atoms with Crippen molar-refractivity contribution in [3.8, 4) is 5.75 Å². The van der Waals surface area contributed by atoms with Crippen LogP contribution in [0.2, 0.25) is 0 Å². The van der Waals surface area contributed by atoms with Gasteiger partial charge in [0.05, 0.1) is 19.3 Å². The van der Waals surface area contributed by atoms with E-state index in [-0.39, 0.29) is 0 Å². The van der Waals surface area contributed by atoms with Crippen molar-refractivity contribution in [3.63, 3.8) is 0 Å². The molecule has 1 aromatic carbocycles. The predicted octanol–water partition coefficient (Wildman–Crippen LogP) is 2.71. The quantitative estimate of drug-likeness (QED) is 0.796. The lowest BCUT2D eigenvalue weighted by atomic mass is 10.1. The highest BCUT2D eigenvalue weighted by Crippen LogP contribution is 2.17. The van der Waals surface area contributed by atoms with E-state index in [1.54, 1.807) is 7.11 Å². The number of ether oxygens (including phenoxy) is 1. The first-order chi connectivity index (χ1) is 10.2. The van der Waals surface area contributed by atoms with E-state index in [0.29, 0.717) is 0 Å². The molecule has 0 aliphatic rings. The van der Waals surface area contributed by atoms with Gasteiger partial charge in [0.25, 0.3) is 0 Å². The molecule has 0 amide bonds. The maximum atomic E-state index is 5.28. The molecule has 21 heavy (non-hydrogen) atoms. The minimum atomic E-state index is 0.783. The zero-order valence-electron chi connectivity index (χ0n) is 13.4. The molecule has 4 nitrogen and oxygen atoms in total. The fourth-order valence-corrected chi connectivity index (χ4v) is 2.58. The normalized spacial score (nSPS) is 10.9. The van der Waals surface area contributed by atoms with Gasteiger partial charge in [-0.3, -0.25) is 4.68 Å². The summed E-state index contributed by atoms with van der Waals surface area (Å²) in [5, 5.41) is 8.06. The van der Waals surface area contributed by atoms with E-state index >= 15 is 0 Å². The second-order valence-electron chi connectivity index (χ2n) is 5.26. The number of likely N-dealkylation sites (N-methyl/N-ethyl adjacent to an activating group) is 1. The van der Waals surface area contributed by atoms with Crippen LogP contribution in [-0.4, -0.2) is 30.0 Å². The van der Waals surface area contributed by atoms with Gasteiger partial charge in [-0.1, -0.05) is 19.1 Å². The Morgan fingerprint density at radius 2 is 2.10 bits per heavy atom. The van der Waals surface area contributed by atoms with Crippen molar-refractivity contribution in [2.45, 2.75) is 33.7 Å². The maximum Gasteiger partial charge on any atom is 0.119 e. The number of benzene rings is 1. The second-order valence-corrected chi connectivity index (χ2v) is 5.26. The molecule has 0 spiro atoms. The number of aryl methyl sites for hydroxylation is 1. The number of nitrogens with zero attached hydrogens (tertiary/aromatic N) is 2. The maximum absolute atomic E-state index is 5.28. The van der Waals surface area contributed by atoms with Crippen molar-refractivity contribution in [1.29, 1.82) is 0 Å². The first-order valence-electron chi connectivity index (χ1n) is 7.52. The van der Waals surface area contributed by atoms with Crippen molar-refractivity contribution < 1.29 is 4.74 Å². The molecule has 0 saturated carbocycles. The molecule has 2 rings (SSSR count). The molecule has 0 unspecified atom stereocenters. The van der Waals surface area contributed by atoms with Gasteiger partial charge in [0.15, 0.2) is 0 Å². The summed E-state index contributed by atoms with van der Waals surface area (Å²) >= 11 is 0. The van der Waals surface area contributed by atoms with E-state index in [1.807, 2.05) is 12.1 Å². The summed E-state index contributed by atoms with van der Waals surface area (Å²) in [6.07, 6.45) is 1.03. The van der Waals surface area contributed by atoms with Crippen LogP contribution < -0.4 is 10.1 Å². The fourth-order valence-electron chi connectivity index (χ4n) is 2.58. The van der Waals surface area contributed by atoms with Crippen LogP contribution >= 0.6 is 0 Å². The second kappa shape index (κ2) is 7.27. The lowest BCUT2D eigenvalue weighted by molar-refractivity contribution is 0.414. The van der Waals surface area contributed by atoms with Crippen LogP contribution in [0.15, 0.2) is 24.3 Å². The van der Waals surface area contributed by atoms with Crippen LogP contribution in [0.5, 0.6) is 5.75 Å². The van der Waals surface area contributed by atoms with Crippen LogP contribution in [0.4, 0.5) is 0 Å². The van der Waals surface area contributed by atoms with Gasteiger partial charge in [0, 0.05) is 5.69 Å². The third kappa shape index (κ3) is 3.85. The molecule has 0 aliphatic carbocycles. The fraction of sp³-hybridized carbons (Fsp3) is 0.471. The molecular formula is C17H25N3O. The summed E-state index contributed by atoms with van der Waals surface area (Å²) in [6.45, 7) is 9.17. The van der Waals surface area contributed by atoms with Crippen LogP contribution in [0.1, 0.15) is 29.4 Å². The number of nitrogens with one attached hydrogen (secondary N) is 1. The molecular weight excluding hydrogens is 262 g/mol. The van der Waals surface area contributed by atoms with Crippen molar-refractivity contribution in [3.05, 3.63) is 46.8 Å². The molecule has 0 fully saturated rings. The van der Waals surface area contributed by atoms with Crippen LogP contribution in [0.3, 0.4) is 0 Å². The average Bonchev–Trinajstić information content (AvgIpc) is 2.75. The molecule has 2 aromatic rings. The minimum Gasteiger partial charge on any atom is -0.497 e. The van der Waals surface area contributed by atoms with E-state index in [4.69, 9.17) is 4.74 Å². The molecule has 1 heterocycles. The predicted molar refractivity (Wildman–Crippen MR) is 86.0 cm³/mol. The largest absolute Gasteiger partial charge is 0.497 e. The standard InChI is InChI=1S/C17H25N3O/c1-5-18-10-9-17-13(2)19-20(14(17)3)12-15-7-6-8-16(11-15)21-4/h6-8,11,18H,5,9-10,12H2,1-4H3. The molecule has 0 aliphatic heterocycles. The van der Waals surface area contributed by atoms with Gasteiger partial charge in [-0.15, -0.1) is 0 Å². The van der Waals surface area contributed by atoms with Crippen LogP contribution in [0.25, 0.3) is 0 Å². The van der Waals surface area contributed by atoms with Gasteiger partial charge >= 0.3 is 0 Å². The molecule has 0 bridgehead atoms. The third-order valence-corrected chi connectivity index (χ3v) is 3.80. The highest BCUT2D eigenvalue weighted by atomic mass is 16.5. The number of rotatable bonds is 7. The Morgan fingerprint density at radius 3 is 2.81 bits per heavy atom. The van der Waals surface area contributed by atoms with Crippen molar-refractivity contribution >= 4 is 0 Å². The molecule has 4 heteroatoms. The van der Waals surface area contributed by atoms with Crippen molar-refractivity contribution in [2.75, 3.05) is 20.2 Å². The van der Waals surface area contributed by atoms with Gasteiger partial charge in [0.2, 0.25) is 0 Å². The Morgan fingerprint density at radius 1 is 1.29 bits per heavy atom. The summed E-state index contributed by atoms with van der Waals surface area (Å²) in [4.78, 5) is 0. The van der Waals surface area contributed by atoms with Crippen LogP contribution in [-0.2, 0) is 13.0 Å². The first-order valence-corrected chi connectivity index (χ1v) is 7.52.